The smallest absolute Gasteiger partial charge is 0.293 e. The summed E-state index contributed by atoms with van der Waals surface area (Å²) in [6, 6.07) is 18.9. The number of ether oxygens (including phenoxy) is 1. The van der Waals surface area contributed by atoms with Gasteiger partial charge in [0.25, 0.3) is 5.91 Å². The van der Waals surface area contributed by atoms with Crippen LogP contribution in [0.2, 0.25) is 0 Å². The number of nitrogens with zero attached hydrogens (tertiary/aromatic N) is 1. The van der Waals surface area contributed by atoms with E-state index in [9.17, 15) is 13.2 Å². The van der Waals surface area contributed by atoms with E-state index in [1.807, 2.05) is 30.3 Å². The molecule has 0 bridgehead atoms. The fourth-order valence-electron chi connectivity index (χ4n) is 2.85. The third kappa shape index (κ3) is 5.61. The highest BCUT2D eigenvalue weighted by Gasteiger charge is 2.14. The van der Waals surface area contributed by atoms with Crippen LogP contribution in [0, 0.1) is 0 Å². The fourth-order valence-corrected chi connectivity index (χ4v) is 4.21. The number of amides is 1. The van der Waals surface area contributed by atoms with Gasteiger partial charge in [-0.05, 0) is 42.0 Å². The van der Waals surface area contributed by atoms with Crippen molar-refractivity contribution in [2.24, 2.45) is 5.14 Å². The molecule has 0 radical (unpaired) electrons. The van der Waals surface area contributed by atoms with Crippen LogP contribution >= 0.6 is 11.3 Å². The van der Waals surface area contributed by atoms with Gasteiger partial charge in [0.15, 0.2) is 10.9 Å². The summed E-state index contributed by atoms with van der Waals surface area (Å²) < 4.78 is 33.9. The van der Waals surface area contributed by atoms with Crippen LogP contribution in [0.5, 0.6) is 5.75 Å². The zero-order valence-electron chi connectivity index (χ0n) is 16.7. The monoisotopic (exact) mass is 469 g/mol. The van der Waals surface area contributed by atoms with Gasteiger partial charge in [0, 0.05) is 17.5 Å². The Morgan fingerprint density at radius 2 is 1.81 bits per heavy atom. The Morgan fingerprint density at radius 3 is 2.53 bits per heavy atom. The van der Waals surface area contributed by atoms with Gasteiger partial charge >= 0.3 is 0 Å². The summed E-state index contributed by atoms with van der Waals surface area (Å²) in [5.74, 6) is 0.993. The molecule has 0 aliphatic heterocycles. The average molecular weight is 470 g/mol. The number of hydrogen-bond donors (Lipinski definition) is 2. The van der Waals surface area contributed by atoms with Crippen LogP contribution in [0.25, 0.3) is 0 Å². The lowest BCUT2D eigenvalue weighted by Crippen LogP contribution is -2.11. The predicted octanol–water partition coefficient (Wildman–Crippen LogP) is 3.81. The van der Waals surface area contributed by atoms with Crippen molar-refractivity contribution in [3.63, 3.8) is 0 Å². The third-order valence-electron chi connectivity index (χ3n) is 4.41. The quantitative estimate of drug-likeness (QED) is 0.404. The van der Waals surface area contributed by atoms with E-state index in [1.165, 1.54) is 23.5 Å². The number of benzene rings is 2. The summed E-state index contributed by atoms with van der Waals surface area (Å²) in [5, 5.41) is 8.26. The Hall–Kier alpha value is -3.47. The number of furan rings is 1. The van der Waals surface area contributed by atoms with Crippen LogP contribution in [-0.4, -0.2) is 19.3 Å². The van der Waals surface area contributed by atoms with Crippen LogP contribution in [-0.2, 0) is 23.1 Å². The molecule has 0 aliphatic carbocycles. The second kappa shape index (κ2) is 9.35. The molecule has 2 aromatic heterocycles. The molecule has 164 valence electrons. The summed E-state index contributed by atoms with van der Waals surface area (Å²) in [5.41, 5.74) is 0.896. The summed E-state index contributed by atoms with van der Waals surface area (Å²) in [6.07, 6.45) is 2.20. The van der Waals surface area contributed by atoms with Gasteiger partial charge in [-0.1, -0.05) is 30.3 Å². The molecule has 1 amide bonds. The Balaban J connectivity index is 1.33. The number of thiazole rings is 1. The normalized spacial score (nSPS) is 11.3. The molecule has 0 atom stereocenters. The molecule has 8 nitrogen and oxygen atoms in total. The van der Waals surface area contributed by atoms with Gasteiger partial charge < -0.3 is 9.15 Å². The molecule has 0 saturated carbocycles. The molecule has 2 aromatic carbocycles. The molecule has 2 heterocycles. The standard InChI is InChI=1S/C22H19N3O5S2/c23-32(27,28)19-9-6-15(7-10-19)12-18-13-24-22(31-18)25-21(26)20-11-8-17(30-20)14-29-16-4-2-1-3-5-16/h1-11,13H,12,14H2,(H2,23,27,28)(H,24,25,26). The molecule has 4 aromatic rings. The predicted molar refractivity (Wildman–Crippen MR) is 120 cm³/mol. The van der Waals surface area contributed by atoms with Crippen LogP contribution < -0.4 is 15.2 Å². The van der Waals surface area contributed by atoms with Gasteiger partial charge in [-0.3, -0.25) is 10.1 Å². The SMILES string of the molecule is NS(=O)(=O)c1ccc(Cc2cnc(NC(=O)c3ccc(COc4ccccc4)o3)s2)cc1. The molecular formula is C22H19N3O5S2. The van der Waals surface area contributed by atoms with Crippen molar-refractivity contribution in [1.82, 2.24) is 4.98 Å². The van der Waals surface area contributed by atoms with Crippen LogP contribution in [0.3, 0.4) is 0 Å². The molecule has 3 N–H and O–H groups in total. The van der Waals surface area contributed by atoms with Crippen LogP contribution in [0.1, 0.15) is 26.8 Å². The number of hydrogen-bond acceptors (Lipinski definition) is 7. The molecule has 0 saturated heterocycles. The zero-order chi connectivity index (χ0) is 22.6. The van der Waals surface area contributed by atoms with Crippen LogP contribution in [0.15, 0.2) is 82.2 Å². The molecule has 0 aliphatic rings. The van der Waals surface area contributed by atoms with E-state index >= 15 is 0 Å². The molecule has 0 fully saturated rings. The number of primary sulfonamides is 1. The van der Waals surface area contributed by atoms with Crippen molar-refractivity contribution in [1.29, 1.82) is 0 Å². The van der Waals surface area contributed by atoms with Gasteiger partial charge in [0.2, 0.25) is 10.0 Å². The van der Waals surface area contributed by atoms with Crippen molar-refractivity contribution >= 4 is 32.4 Å². The minimum atomic E-state index is -3.72. The van der Waals surface area contributed by atoms with Crippen molar-refractivity contribution < 1.29 is 22.4 Å². The zero-order valence-corrected chi connectivity index (χ0v) is 18.4. The van der Waals surface area contributed by atoms with E-state index in [2.05, 4.69) is 10.3 Å². The van der Waals surface area contributed by atoms with E-state index in [1.54, 1.807) is 30.5 Å². The molecular weight excluding hydrogens is 450 g/mol. The minimum Gasteiger partial charge on any atom is -0.486 e. The number of sulfonamides is 1. The maximum absolute atomic E-state index is 12.5. The molecule has 32 heavy (non-hydrogen) atoms. The Labute approximate surface area is 188 Å². The average Bonchev–Trinajstić information content (AvgIpc) is 3.42. The van der Waals surface area contributed by atoms with E-state index in [0.29, 0.717) is 23.1 Å². The van der Waals surface area contributed by atoms with Crippen molar-refractivity contribution in [2.45, 2.75) is 17.9 Å². The van der Waals surface area contributed by atoms with E-state index < -0.39 is 15.9 Å². The van der Waals surface area contributed by atoms with E-state index in [-0.39, 0.29) is 17.3 Å². The first-order chi connectivity index (χ1) is 15.4. The maximum atomic E-state index is 12.5. The summed E-state index contributed by atoms with van der Waals surface area (Å²) in [4.78, 5) is 17.6. The third-order valence-corrected chi connectivity index (χ3v) is 6.26. The summed E-state index contributed by atoms with van der Waals surface area (Å²) in [7, 11) is -3.72. The van der Waals surface area contributed by atoms with Gasteiger partial charge in [-0.25, -0.2) is 18.5 Å². The Kier molecular flexibility index (Phi) is 6.35. The highest BCUT2D eigenvalue weighted by atomic mass is 32.2. The number of carbonyl (C=O) groups excluding carboxylic acids is 1. The molecule has 4 rings (SSSR count). The number of carbonyl (C=O) groups is 1. The molecule has 10 heteroatoms. The number of aromatic nitrogens is 1. The lowest BCUT2D eigenvalue weighted by atomic mass is 10.1. The Morgan fingerprint density at radius 1 is 1.06 bits per heavy atom. The van der Waals surface area contributed by atoms with Gasteiger partial charge in [-0.15, -0.1) is 11.3 Å². The summed E-state index contributed by atoms with van der Waals surface area (Å²) >= 11 is 1.32. The molecule has 0 spiro atoms. The first-order valence-electron chi connectivity index (χ1n) is 9.51. The van der Waals surface area contributed by atoms with E-state index in [0.717, 1.165) is 10.4 Å². The minimum absolute atomic E-state index is 0.0606. The van der Waals surface area contributed by atoms with Crippen molar-refractivity contribution in [3.05, 3.63) is 94.9 Å². The maximum Gasteiger partial charge on any atom is 0.293 e. The van der Waals surface area contributed by atoms with Crippen LogP contribution in [0.4, 0.5) is 5.13 Å². The van der Waals surface area contributed by atoms with Gasteiger partial charge in [-0.2, -0.15) is 0 Å². The lowest BCUT2D eigenvalue weighted by molar-refractivity contribution is 0.0992. The first-order valence-corrected chi connectivity index (χ1v) is 11.9. The second-order valence-electron chi connectivity index (χ2n) is 6.82. The summed E-state index contributed by atoms with van der Waals surface area (Å²) in [6.45, 7) is 0.211. The first kappa shape index (κ1) is 21.8. The highest BCUT2D eigenvalue weighted by Crippen LogP contribution is 2.23. The highest BCUT2D eigenvalue weighted by molar-refractivity contribution is 7.89. The van der Waals surface area contributed by atoms with Gasteiger partial charge in [0.1, 0.15) is 18.1 Å². The number of nitrogens with two attached hydrogens (primary N) is 1. The Bertz CT molecular complexity index is 1310. The number of nitrogens with one attached hydrogen (secondary N) is 1. The van der Waals surface area contributed by atoms with Crippen molar-refractivity contribution in [2.75, 3.05) is 5.32 Å². The van der Waals surface area contributed by atoms with Crippen molar-refractivity contribution in [3.8, 4) is 5.75 Å². The number of anilines is 1. The van der Waals surface area contributed by atoms with E-state index in [4.69, 9.17) is 14.3 Å². The van der Waals surface area contributed by atoms with Gasteiger partial charge in [0.05, 0.1) is 4.90 Å². The number of rotatable bonds is 8. The topological polar surface area (TPSA) is 125 Å². The number of para-hydroxylation sites is 1. The lowest BCUT2D eigenvalue weighted by Gasteiger charge is -2.03. The second-order valence-corrected chi connectivity index (χ2v) is 9.50. The molecule has 0 unspecified atom stereocenters. The fraction of sp³-hybridized carbons (Fsp3) is 0.0909. The largest absolute Gasteiger partial charge is 0.486 e.